The number of urea groups is 1. The molecule has 1 aromatic heterocycles. The lowest BCUT2D eigenvalue weighted by molar-refractivity contribution is -0.141. The Morgan fingerprint density at radius 3 is 2.78 bits per heavy atom. The first-order valence-electron chi connectivity index (χ1n) is 5.72. The van der Waals surface area contributed by atoms with Gasteiger partial charge >= 0.3 is 12.0 Å². The number of rotatable bonds is 3. The molecule has 1 aliphatic carbocycles. The van der Waals surface area contributed by atoms with Gasteiger partial charge in [-0.25, -0.2) is 4.79 Å². The number of carboxylic acid groups (broad SMARTS) is 1. The second kappa shape index (κ2) is 5.44. The van der Waals surface area contributed by atoms with Gasteiger partial charge in [0, 0.05) is 6.04 Å². The van der Waals surface area contributed by atoms with Crippen LogP contribution in [0, 0.1) is 5.92 Å². The van der Waals surface area contributed by atoms with E-state index in [1.165, 1.54) is 12.4 Å². The molecular formula is C11H14N4O3. The third kappa shape index (κ3) is 3.16. The molecule has 0 spiro atoms. The summed E-state index contributed by atoms with van der Waals surface area (Å²) in [4.78, 5) is 22.4. The van der Waals surface area contributed by atoms with Crippen LogP contribution >= 0.6 is 0 Å². The van der Waals surface area contributed by atoms with Crippen LogP contribution in [-0.4, -0.2) is 33.3 Å². The summed E-state index contributed by atoms with van der Waals surface area (Å²) in [5.74, 6) is -1.14. The first-order chi connectivity index (χ1) is 8.65. The van der Waals surface area contributed by atoms with E-state index in [2.05, 4.69) is 20.8 Å². The van der Waals surface area contributed by atoms with Crippen molar-refractivity contribution in [2.45, 2.75) is 25.3 Å². The number of hydrogen-bond donors (Lipinski definition) is 3. The maximum Gasteiger partial charge on any atom is 0.319 e. The highest BCUT2D eigenvalue weighted by Gasteiger charge is 2.30. The monoisotopic (exact) mass is 250 g/mol. The normalized spacial score (nSPS) is 22.4. The van der Waals surface area contributed by atoms with E-state index < -0.39 is 5.97 Å². The topological polar surface area (TPSA) is 104 Å². The summed E-state index contributed by atoms with van der Waals surface area (Å²) < 4.78 is 0. The molecule has 0 radical (unpaired) electrons. The molecule has 18 heavy (non-hydrogen) atoms. The van der Waals surface area contributed by atoms with Gasteiger partial charge in [-0.1, -0.05) is 0 Å². The minimum atomic E-state index is -0.793. The van der Waals surface area contributed by atoms with E-state index in [0.717, 1.165) is 0 Å². The van der Waals surface area contributed by atoms with Crippen LogP contribution in [0.25, 0.3) is 0 Å². The van der Waals surface area contributed by atoms with Crippen molar-refractivity contribution in [1.29, 1.82) is 0 Å². The van der Waals surface area contributed by atoms with Crippen molar-refractivity contribution < 1.29 is 14.7 Å². The molecule has 0 unspecified atom stereocenters. The van der Waals surface area contributed by atoms with Crippen LogP contribution in [0.4, 0.5) is 10.5 Å². The van der Waals surface area contributed by atoms with Gasteiger partial charge in [-0.2, -0.15) is 10.2 Å². The molecule has 2 amide bonds. The number of nitrogens with zero attached hydrogens (tertiary/aromatic N) is 2. The fourth-order valence-corrected chi connectivity index (χ4v) is 2.05. The number of aliphatic carboxylic acids is 1. The van der Waals surface area contributed by atoms with Crippen LogP contribution in [0.15, 0.2) is 18.5 Å². The molecule has 1 aromatic rings. The fourth-order valence-electron chi connectivity index (χ4n) is 2.05. The van der Waals surface area contributed by atoms with E-state index in [-0.39, 0.29) is 18.0 Å². The molecule has 1 heterocycles. The summed E-state index contributed by atoms with van der Waals surface area (Å²) in [5.41, 5.74) is 0.551. The van der Waals surface area contributed by atoms with Crippen molar-refractivity contribution in [1.82, 2.24) is 15.5 Å². The van der Waals surface area contributed by atoms with Crippen LogP contribution in [0.2, 0.25) is 0 Å². The van der Waals surface area contributed by atoms with Crippen molar-refractivity contribution in [2.75, 3.05) is 5.32 Å². The molecule has 1 saturated carbocycles. The predicted octanol–water partition coefficient (Wildman–Crippen LogP) is 0.851. The van der Waals surface area contributed by atoms with Gasteiger partial charge in [0.05, 0.1) is 24.0 Å². The maximum absolute atomic E-state index is 11.6. The second-order valence-corrected chi connectivity index (χ2v) is 4.27. The van der Waals surface area contributed by atoms with E-state index in [4.69, 9.17) is 5.11 Å². The van der Waals surface area contributed by atoms with Crippen LogP contribution < -0.4 is 10.6 Å². The zero-order chi connectivity index (χ0) is 13.0. The highest BCUT2D eigenvalue weighted by atomic mass is 16.4. The van der Waals surface area contributed by atoms with Gasteiger partial charge in [0.2, 0.25) is 0 Å². The van der Waals surface area contributed by atoms with Crippen molar-refractivity contribution in [3.63, 3.8) is 0 Å². The Bertz CT molecular complexity index is 437. The molecule has 0 aliphatic heterocycles. The number of nitrogens with one attached hydrogen (secondary N) is 2. The minimum Gasteiger partial charge on any atom is -0.481 e. The Morgan fingerprint density at radius 1 is 1.33 bits per heavy atom. The van der Waals surface area contributed by atoms with Gasteiger partial charge in [0.25, 0.3) is 0 Å². The summed E-state index contributed by atoms with van der Waals surface area (Å²) in [5, 5.41) is 21.5. The van der Waals surface area contributed by atoms with Crippen LogP contribution in [0.3, 0.4) is 0 Å². The molecule has 0 bridgehead atoms. The summed E-state index contributed by atoms with van der Waals surface area (Å²) in [6.07, 6.45) is 4.70. The quantitative estimate of drug-likeness (QED) is 0.737. The number of carboxylic acids is 1. The molecule has 1 fully saturated rings. The Morgan fingerprint density at radius 2 is 2.17 bits per heavy atom. The largest absolute Gasteiger partial charge is 0.481 e. The lowest BCUT2D eigenvalue weighted by Gasteiger charge is -2.13. The number of carbonyl (C=O) groups is 2. The first kappa shape index (κ1) is 12.3. The first-order valence-corrected chi connectivity index (χ1v) is 5.72. The van der Waals surface area contributed by atoms with Crippen molar-refractivity contribution >= 4 is 17.7 Å². The lowest BCUT2D eigenvalue weighted by Crippen LogP contribution is -2.36. The Labute approximate surface area is 104 Å². The van der Waals surface area contributed by atoms with Gasteiger partial charge in [-0.3, -0.25) is 4.79 Å². The second-order valence-electron chi connectivity index (χ2n) is 4.27. The van der Waals surface area contributed by atoms with E-state index in [1.54, 1.807) is 6.07 Å². The summed E-state index contributed by atoms with van der Waals surface area (Å²) in [7, 11) is 0. The summed E-state index contributed by atoms with van der Waals surface area (Å²) in [6.45, 7) is 0. The predicted molar refractivity (Wildman–Crippen MR) is 63.0 cm³/mol. The lowest BCUT2D eigenvalue weighted by atomic mass is 10.1. The van der Waals surface area contributed by atoms with Crippen LogP contribution in [-0.2, 0) is 4.79 Å². The van der Waals surface area contributed by atoms with Gasteiger partial charge < -0.3 is 15.7 Å². The summed E-state index contributed by atoms with van der Waals surface area (Å²) in [6, 6.07) is 1.20. The SMILES string of the molecule is O=C(Nc1ccnnc1)N[C@H]1CC[C@@H](C(=O)O)C1. The Kier molecular flexibility index (Phi) is 3.71. The van der Waals surface area contributed by atoms with E-state index in [0.29, 0.717) is 24.9 Å². The molecule has 0 saturated heterocycles. The zero-order valence-electron chi connectivity index (χ0n) is 9.67. The van der Waals surface area contributed by atoms with Crippen LogP contribution in [0.1, 0.15) is 19.3 Å². The van der Waals surface area contributed by atoms with E-state index >= 15 is 0 Å². The van der Waals surface area contributed by atoms with E-state index in [1.807, 2.05) is 0 Å². The van der Waals surface area contributed by atoms with Gasteiger partial charge in [-0.05, 0) is 25.3 Å². The van der Waals surface area contributed by atoms with Crippen molar-refractivity contribution in [2.24, 2.45) is 5.92 Å². The molecule has 3 N–H and O–H groups in total. The Hall–Kier alpha value is -2.18. The van der Waals surface area contributed by atoms with Crippen LogP contribution in [0.5, 0.6) is 0 Å². The molecule has 1 aliphatic rings. The minimum absolute atomic E-state index is 0.0825. The maximum atomic E-state index is 11.6. The highest BCUT2D eigenvalue weighted by molar-refractivity contribution is 5.89. The molecule has 2 atom stereocenters. The van der Waals surface area contributed by atoms with E-state index in [9.17, 15) is 9.59 Å². The van der Waals surface area contributed by atoms with Gasteiger partial charge in [0.1, 0.15) is 0 Å². The third-order valence-corrected chi connectivity index (χ3v) is 2.96. The molecule has 0 aromatic carbocycles. The number of aromatic nitrogens is 2. The standard InChI is InChI=1S/C11H14N4O3/c16-10(17)7-1-2-8(5-7)14-11(18)15-9-3-4-12-13-6-9/h3-4,6-8H,1-2,5H2,(H,16,17)(H2,12,14,15,18)/t7-,8+/m1/s1. The Balaban J connectivity index is 1.80. The number of anilines is 1. The molecule has 7 heteroatoms. The molecule has 96 valence electrons. The van der Waals surface area contributed by atoms with Crippen molar-refractivity contribution in [3.05, 3.63) is 18.5 Å². The smallest absolute Gasteiger partial charge is 0.319 e. The molecule has 2 rings (SSSR count). The summed E-state index contributed by atoms with van der Waals surface area (Å²) >= 11 is 0. The molecule has 7 nitrogen and oxygen atoms in total. The average molecular weight is 250 g/mol. The van der Waals surface area contributed by atoms with Crippen molar-refractivity contribution in [3.8, 4) is 0 Å². The van der Waals surface area contributed by atoms with Gasteiger partial charge in [-0.15, -0.1) is 0 Å². The van der Waals surface area contributed by atoms with Gasteiger partial charge in [0.15, 0.2) is 0 Å². The fraction of sp³-hybridized carbons (Fsp3) is 0.455. The number of amides is 2. The average Bonchev–Trinajstić information content (AvgIpc) is 2.78. The molecular weight excluding hydrogens is 236 g/mol. The third-order valence-electron chi connectivity index (χ3n) is 2.96. The zero-order valence-corrected chi connectivity index (χ0v) is 9.67. The highest BCUT2D eigenvalue weighted by Crippen LogP contribution is 2.25. The number of carbonyl (C=O) groups excluding carboxylic acids is 1. The number of hydrogen-bond acceptors (Lipinski definition) is 4.